The maximum atomic E-state index is 11.8. The van der Waals surface area contributed by atoms with Crippen molar-refractivity contribution in [3.05, 3.63) is 35.9 Å². The monoisotopic (exact) mass is 441 g/mol. The Labute approximate surface area is 170 Å². The van der Waals surface area contributed by atoms with Crippen LogP contribution in [-0.2, 0) is 18.9 Å². The maximum absolute atomic E-state index is 11.8. The molecule has 0 bridgehead atoms. The normalized spacial score (nSPS) is 33.8. The fraction of sp³-hybridized carbons (Fsp3) is 0.562. The Hall–Kier alpha value is -0.840. The van der Waals surface area contributed by atoms with Crippen molar-refractivity contribution < 1.29 is 34.0 Å². The number of alkyl halides is 3. The van der Waals surface area contributed by atoms with Gasteiger partial charge in [0.15, 0.2) is 12.6 Å². The number of carbonyl (C=O) groups excluding carboxylic acids is 1. The number of benzene rings is 1. The van der Waals surface area contributed by atoms with Gasteiger partial charge in [-0.05, 0) is 0 Å². The van der Waals surface area contributed by atoms with Crippen LogP contribution in [0.1, 0.15) is 11.9 Å². The van der Waals surface area contributed by atoms with E-state index < -0.39 is 53.4 Å². The first-order chi connectivity index (χ1) is 12.7. The zero-order valence-electron chi connectivity index (χ0n) is 13.8. The summed E-state index contributed by atoms with van der Waals surface area (Å²) in [5, 5.41) is 23.0. The first-order valence-corrected chi connectivity index (χ1v) is 9.21. The average molecular weight is 443 g/mol. The van der Waals surface area contributed by atoms with Crippen LogP contribution in [0.25, 0.3) is 0 Å². The Morgan fingerprint density at radius 1 is 1.22 bits per heavy atom. The second kappa shape index (κ2) is 8.67. The second-order valence-electron chi connectivity index (χ2n) is 6.09. The van der Waals surface area contributed by atoms with E-state index >= 15 is 0 Å². The Bertz CT molecular complexity index is 645. The molecule has 11 heteroatoms. The quantitative estimate of drug-likeness (QED) is 0.611. The summed E-state index contributed by atoms with van der Waals surface area (Å²) in [4.78, 5) is 11.8. The number of hydrogen-bond acceptors (Lipinski definition) is 7. The summed E-state index contributed by atoms with van der Waals surface area (Å²) in [6.45, 7) is -0.404. The highest BCUT2D eigenvalue weighted by Gasteiger charge is 2.49. The van der Waals surface area contributed by atoms with Gasteiger partial charge in [0.2, 0.25) is 3.79 Å². The fourth-order valence-corrected chi connectivity index (χ4v) is 3.03. The zero-order chi connectivity index (χ0) is 19.6. The molecule has 0 saturated carbocycles. The van der Waals surface area contributed by atoms with Gasteiger partial charge in [0, 0.05) is 5.56 Å². The molecule has 1 amide bonds. The number of halogens is 3. The summed E-state index contributed by atoms with van der Waals surface area (Å²) in [6, 6.07) is 7.95. The van der Waals surface area contributed by atoms with Crippen molar-refractivity contribution in [3.8, 4) is 0 Å². The van der Waals surface area contributed by atoms with Crippen LogP contribution in [0.3, 0.4) is 0 Å². The van der Waals surface area contributed by atoms with Gasteiger partial charge in [0.25, 0.3) is 0 Å². The highest BCUT2D eigenvalue weighted by molar-refractivity contribution is 6.67. The molecule has 27 heavy (non-hydrogen) atoms. The van der Waals surface area contributed by atoms with Crippen LogP contribution >= 0.6 is 34.8 Å². The van der Waals surface area contributed by atoms with Gasteiger partial charge in [0.05, 0.1) is 6.61 Å². The van der Waals surface area contributed by atoms with E-state index in [0.29, 0.717) is 0 Å². The third kappa shape index (κ3) is 5.36. The average Bonchev–Trinajstić information content (AvgIpc) is 2.63. The van der Waals surface area contributed by atoms with Crippen LogP contribution in [-0.4, -0.2) is 64.0 Å². The molecule has 6 atom stereocenters. The SMILES string of the molecule is O=C(NC1[C@H](O)OC2COC(c3ccccc3)O[C@H]2[C@@H]1O)OCC(Cl)(Cl)Cl. The van der Waals surface area contributed by atoms with Crippen molar-refractivity contribution >= 4 is 40.9 Å². The van der Waals surface area contributed by atoms with E-state index in [4.69, 9.17) is 53.8 Å². The van der Waals surface area contributed by atoms with Gasteiger partial charge in [-0.25, -0.2) is 4.79 Å². The van der Waals surface area contributed by atoms with E-state index in [-0.39, 0.29) is 6.61 Å². The zero-order valence-corrected chi connectivity index (χ0v) is 16.1. The highest BCUT2D eigenvalue weighted by atomic mass is 35.6. The number of rotatable bonds is 3. The fourth-order valence-electron chi connectivity index (χ4n) is 2.87. The Morgan fingerprint density at radius 3 is 2.59 bits per heavy atom. The van der Waals surface area contributed by atoms with Gasteiger partial charge in [-0.1, -0.05) is 65.1 Å². The van der Waals surface area contributed by atoms with Crippen LogP contribution in [0.4, 0.5) is 4.79 Å². The van der Waals surface area contributed by atoms with Crippen molar-refractivity contribution in [2.75, 3.05) is 13.2 Å². The summed E-state index contributed by atoms with van der Waals surface area (Å²) >= 11 is 16.5. The predicted octanol–water partition coefficient (Wildman–Crippen LogP) is 1.64. The van der Waals surface area contributed by atoms with Crippen LogP contribution in [0.2, 0.25) is 0 Å². The van der Waals surface area contributed by atoms with Crippen molar-refractivity contribution in [2.24, 2.45) is 0 Å². The summed E-state index contributed by atoms with van der Waals surface area (Å²) in [5.41, 5.74) is 0.765. The van der Waals surface area contributed by atoms with Gasteiger partial charge in [-0.2, -0.15) is 0 Å². The van der Waals surface area contributed by atoms with Crippen molar-refractivity contribution in [1.29, 1.82) is 0 Å². The van der Waals surface area contributed by atoms with E-state index in [2.05, 4.69) is 5.32 Å². The first-order valence-electron chi connectivity index (χ1n) is 8.08. The predicted molar refractivity (Wildman–Crippen MR) is 95.5 cm³/mol. The van der Waals surface area contributed by atoms with E-state index in [9.17, 15) is 15.0 Å². The summed E-state index contributed by atoms with van der Waals surface area (Å²) in [6.07, 6.45) is -6.02. The minimum absolute atomic E-state index is 0.1000. The number of aliphatic hydroxyl groups is 2. The van der Waals surface area contributed by atoms with Crippen LogP contribution < -0.4 is 5.32 Å². The molecule has 8 nitrogen and oxygen atoms in total. The molecule has 3 rings (SSSR count). The minimum atomic E-state index is -1.78. The Kier molecular flexibility index (Phi) is 6.70. The molecule has 3 N–H and O–H groups in total. The van der Waals surface area contributed by atoms with Gasteiger partial charge < -0.3 is 34.5 Å². The number of amides is 1. The van der Waals surface area contributed by atoms with Gasteiger partial charge in [0.1, 0.15) is 31.0 Å². The summed E-state index contributed by atoms with van der Waals surface area (Å²) < 4.78 is 19.8. The molecule has 2 aliphatic rings. The lowest BCUT2D eigenvalue weighted by Crippen LogP contribution is -2.66. The van der Waals surface area contributed by atoms with E-state index in [0.717, 1.165) is 5.56 Å². The number of carbonyl (C=O) groups is 1. The lowest BCUT2D eigenvalue weighted by atomic mass is 9.96. The lowest BCUT2D eigenvalue weighted by Gasteiger charge is -2.46. The van der Waals surface area contributed by atoms with E-state index in [1.165, 1.54) is 0 Å². The molecule has 0 aliphatic carbocycles. The standard InChI is InChI=1S/C16H18Cl3NO7/c17-16(18,19)7-25-15(23)20-10-11(21)12-9(26-13(10)22)6-24-14(27-12)8-4-2-1-3-5-8/h1-5,9-14,21-22H,6-7H2,(H,20,23)/t9?,10?,11-,12-,13-,14?/m1/s1. The second-order valence-corrected chi connectivity index (χ2v) is 8.61. The third-order valence-electron chi connectivity index (χ3n) is 4.11. The molecule has 0 radical (unpaired) electrons. The number of alkyl carbamates (subject to hydrolysis) is 1. The Morgan fingerprint density at radius 2 is 1.93 bits per heavy atom. The molecule has 3 unspecified atom stereocenters. The first kappa shape index (κ1) is 20.9. The number of nitrogens with one attached hydrogen (secondary N) is 1. The molecule has 150 valence electrons. The van der Waals surface area contributed by atoms with Crippen molar-refractivity contribution in [3.63, 3.8) is 0 Å². The largest absolute Gasteiger partial charge is 0.445 e. The number of hydrogen-bond donors (Lipinski definition) is 3. The molecule has 2 saturated heterocycles. The van der Waals surface area contributed by atoms with Gasteiger partial charge in [-0.15, -0.1) is 0 Å². The molecule has 1 aromatic rings. The molecular formula is C16H18Cl3NO7. The smallest absolute Gasteiger partial charge is 0.407 e. The van der Waals surface area contributed by atoms with E-state index in [1.54, 1.807) is 0 Å². The molecule has 2 heterocycles. The highest BCUT2D eigenvalue weighted by Crippen LogP contribution is 2.33. The molecule has 0 spiro atoms. The van der Waals surface area contributed by atoms with Crippen LogP contribution in [0, 0.1) is 0 Å². The van der Waals surface area contributed by atoms with Crippen molar-refractivity contribution in [2.45, 2.75) is 40.7 Å². The molecular weight excluding hydrogens is 425 g/mol. The number of aliphatic hydroxyl groups excluding tert-OH is 2. The van der Waals surface area contributed by atoms with Gasteiger partial charge >= 0.3 is 6.09 Å². The summed E-state index contributed by atoms with van der Waals surface area (Å²) in [7, 11) is 0. The number of fused-ring (bicyclic) bond motifs is 1. The third-order valence-corrected chi connectivity index (χ3v) is 4.44. The number of ether oxygens (including phenoxy) is 4. The van der Waals surface area contributed by atoms with Gasteiger partial charge in [-0.3, -0.25) is 0 Å². The minimum Gasteiger partial charge on any atom is -0.445 e. The van der Waals surface area contributed by atoms with E-state index in [1.807, 2.05) is 30.3 Å². The van der Waals surface area contributed by atoms with Crippen LogP contribution in [0.5, 0.6) is 0 Å². The van der Waals surface area contributed by atoms with Crippen molar-refractivity contribution in [1.82, 2.24) is 5.32 Å². The Balaban J connectivity index is 1.63. The summed E-state index contributed by atoms with van der Waals surface area (Å²) in [5.74, 6) is 0. The topological polar surface area (TPSA) is 106 Å². The molecule has 2 aliphatic heterocycles. The lowest BCUT2D eigenvalue weighted by molar-refractivity contribution is -0.337. The maximum Gasteiger partial charge on any atom is 0.407 e. The van der Waals surface area contributed by atoms with Crippen LogP contribution in [0.15, 0.2) is 30.3 Å². The molecule has 1 aromatic carbocycles. The molecule has 0 aromatic heterocycles. The molecule has 2 fully saturated rings.